The van der Waals surface area contributed by atoms with Gasteiger partial charge in [0.1, 0.15) is 5.82 Å². The van der Waals surface area contributed by atoms with Crippen molar-refractivity contribution in [2.75, 3.05) is 0 Å². The van der Waals surface area contributed by atoms with E-state index < -0.39 is 0 Å². The van der Waals surface area contributed by atoms with Crippen LogP contribution in [0, 0.1) is 10.6 Å². The van der Waals surface area contributed by atoms with E-state index in [9.17, 15) is 4.39 Å². The number of rotatable bonds is 4. The fourth-order valence-electron chi connectivity index (χ4n) is 2.57. The van der Waals surface area contributed by atoms with Gasteiger partial charge in [0.25, 0.3) is 0 Å². The zero-order valence-corrected chi connectivity index (χ0v) is 12.7. The number of aromatic amines is 1. The Morgan fingerprint density at radius 2 is 2.25 bits per heavy atom. The lowest BCUT2D eigenvalue weighted by Crippen LogP contribution is -2.09. The zero-order chi connectivity index (χ0) is 14.1. The summed E-state index contributed by atoms with van der Waals surface area (Å²) in [6, 6.07) is 9.19. The number of fused-ring (bicyclic) bond motifs is 1. The predicted octanol–water partition coefficient (Wildman–Crippen LogP) is 5.29. The van der Waals surface area contributed by atoms with Crippen molar-refractivity contribution in [1.29, 1.82) is 0 Å². The van der Waals surface area contributed by atoms with Gasteiger partial charge in [-0.05, 0) is 48.3 Å². The molecule has 1 atom stereocenters. The molecule has 0 bridgehead atoms. The van der Waals surface area contributed by atoms with Gasteiger partial charge < -0.3 is 9.55 Å². The van der Waals surface area contributed by atoms with Crippen molar-refractivity contribution in [3.8, 4) is 0 Å². The minimum atomic E-state index is -0.246. The van der Waals surface area contributed by atoms with Gasteiger partial charge in [-0.15, -0.1) is 11.3 Å². The summed E-state index contributed by atoms with van der Waals surface area (Å²) in [4.78, 5) is 4.40. The second-order valence-corrected chi connectivity index (χ2v) is 6.15. The Morgan fingerprint density at radius 1 is 1.40 bits per heavy atom. The first-order valence-corrected chi connectivity index (χ1v) is 7.92. The van der Waals surface area contributed by atoms with Crippen LogP contribution < -0.4 is 0 Å². The molecule has 0 amide bonds. The lowest BCUT2D eigenvalue weighted by Gasteiger charge is -2.17. The first-order chi connectivity index (χ1) is 9.70. The number of halogens is 1. The van der Waals surface area contributed by atoms with Crippen LogP contribution in [0.15, 0.2) is 35.7 Å². The summed E-state index contributed by atoms with van der Waals surface area (Å²) < 4.78 is 16.1. The average molecular weight is 306 g/mol. The summed E-state index contributed by atoms with van der Waals surface area (Å²) in [6.45, 7) is 2.17. The monoisotopic (exact) mass is 306 g/mol. The SMILES string of the molecule is CCCC(c1cccs1)n1c(=S)[nH]c2cc(F)ccc21. The molecule has 0 saturated heterocycles. The number of nitrogens with one attached hydrogen (secondary N) is 1. The molecule has 20 heavy (non-hydrogen) atoms. The summed E-state index contributed by atoms with van der Waals surface area (Å²) in [5.41, 5.74) is 1.72. The molecular formula is C15H15FN2S2. The van der Waals surface area contributed by atoms with Gasteiger partial charge in [-0.1, -0.05) is 19.4 Å². The molecule has 104 valence electrons. The Bertz CT molecular complexity index is 771. The second kappa shape index (κ2) is 5.50. The lowest BCUT2D eigenvalue weighted by molar-refractivity contribution is 0.548. The molecule has 1 unspecified atom stereocenters. The Morgan fingerprint density at radius 3 is 2.95 bits per heavy atom. The molecule has 3 aromatic rings. The minimum Gasteiger partial charge on any atom is -0.330 e. The van der Waals surface area contributed by atoms with Crippen molar-refractivity contribution in [1.82, 2.24) is 9.55 Å². The zero-order valence-electron chi connectivity index (χ0n) is 11.1. The fraction of sp³-hybridized carbons (Fsp3) is 0.267. The Hall–Kier alpha value is -1.46. The largest absolute Gasteiger partial charge is 0.330 e. The van der Waals surface area contributed by atoms with Gasteiger partial charge in [0.2, 0.25) is 0 Å². The molecule has 0 fully saturated rings. The number of benzene rings is 1. The summed E-state index contributed by atoms with van der Waals surface area (Å²) in [6.07, 6.45) is 2.08. The second-order valence-electron chi connectivity index (χ2n) is 4.78. The normalized spacial score (nSPS) is 12.9. The molecule has 2 nitrogen and oxygen atoms in total. The number of imidazole rings is 1. The molecule has 1 N–H and O–H groups in total. The molecule has 2 aromatic heterocycles. The summed E-state index contributed by atoms with van der Waals surface area (Å²) in [5, 5.41) is 2.08. The smallest absolute Gasteiger partial charge is 0.178 e. The predicted molar refractivity (Wildman–Crippen MR) is 84.4 cm³/mol. The van der Waals surface area contributed by atoms with E-state index in [2.05, 4.69) is 34.0 Å². The third kappa shape index (κ3) is 2.31. The van der Waals surface area contributed by atoms with E-state index in [4.69, 9.17) is 12.2 Å². The van der Waals surface area contributed by atoms with Crippen LogP contribution in [0.1, 0.15) is 30.7 Å². The van der Waals surface area contributed by atoms with Crippen molar-refractivity contribution >= 4 is 34.6 Å². The Balaban J connectivity index is 2.21. The maximum Gasteiger partial charge on any atom is 0.178 e. The quantitative estimate of drug-likeness (QED) is 0.650. The third-order valence-electron chi connectivity index (χ3n) is 3.42. The van der Waals surface area contributed by atoms with Crippen molar-refractivity contribution in [2.45, 2.75) is 25.8 Å². The van der Waals surface area contributed by atoms with Crippen molar-refractivity contribution in [2.24, 2.45) is 0 Å². The van der Waals surface area contributed by atoms with E-state index in [-0.39, 0.29) is 11.9 Å². The number of H-pyrrole nitrogens is 1. The molecule has 2 heterocycles. The van der Waals surface area contributed by atoms with E-state index in [1.165, 1.54) is 17.0 Å². The van der Waals surface area contributed by atoms with Gasteiger partial charge in [0.05, 0.1) is 17.1 Å². The van der Waals surface area contributed by atoms with Gasteiger partial charge in [0.15, 0.2) is 4.77 Å². The Labute approximate surface area is 125 Å². The van der Waals surface area contributed by atoms with Crippen LogP contribution in [-0.4, -0.2) is 9.55 Å². The molecule has 1 aromatic carbocycles. The molecule has 0 saturated carbocycles. The van der Waals surface area contributed by atoms with Crippen molar-refractivity contribution in [3.05, 3.63) is 51.2 Å². The van der Waals surface area contributed by atoms with Gasteiger partial charge >= 0.3 is 0 Å². The Kier molecular flexibility index (Phi) is 3.72. The molecule has 0 spiro atoms. The molecular weight excluding hydrogens is 291 g/mol. The van der Waals surface area contributed by atoms with Crippen LogP contribution in [0.25, 0.3) is 11.0 Å². The van der Waals surface area contributed by atoms with Crippen LogP contribution >= 0.6 is 23.6 Å². The van der Waals surface area contributed by atoms with Crippen molar-refractivity contribution in [3.63, 3.8) is 0 Å². The van der Waals surface area contributed by atoms with Crippen LogP contribution in [0.4, 0.5) is 4.39 Å². The number of hydrogen-bond donors (Lipinski definition) is 1. The molecule has 0 aliphatic carbocycles. The standard InChI is InChI=1S/C15H15FN2S2/c1-2-4-13(14-5-3-8-20-14)18-12-7-6-10(16)9-11(12)17-15(18)19/h3,5-9,13H,2,4H2,1H3,(H,17,19). The molecule has 3 rings (SSSR count). The molecule has 0 aliphatic heterocycles. The highest BCUT2D eigenvalue weighted by Crippen LogP contribution is 2.31. The van der Waals surface area contributed by atoms with Gasteiger partial charge in [-0.25, -0.2) is 4.39 Å². The summed E-state index contributed by atoms with van der Waals surface area (Å²) >= 11 is 7.18. The van der Waals surface area contributed by atoms with Crippen LogP contribution in [0.3, 0.4) is 0 Å². The molecule has 0 aliphatic rings. The summed E-state index contributed by atoms with van der Waals surface area (Å²) in [5.74, 6) is -0.246. The highest BCUT2D eigenvalue weighted by molar-refractivity contribution is 7.71. The highest BCUT2D eigenvalue weighted by atomic mass is 32.1. The number of thiophene rings is 1. The number of hydrogen-bond acceptors (Lipinski definition) is 2. The lowest BCUT2D eigenvalue weighted by atomic mass is 10.1. The number of nitrogens with zero attached hydrogens (tertiary/aromatic N) is 1. The van der Waals surface area contributed by atoms with Crippen LogP contribution in [0.2, 0.25) is 0 Å². The van der Waals surface area contributed by atoms with Gasteiger partial charge in [-0.3, -0.25) is 0 Å². The minimum absolute atomic E-state index is 0.215. The topological polar surface area (TPSA) is 20.7 Å². The van der Waals surface area contributed by atoms with Crippen LogP contribution in [0.5, 0.6) is 0 Å². The molecule has 5 heteroatoms. The number of aromatic nitrogens is 2. The van der Waals surface area contributed by atoms with E-state index in [0.717, 1.165) is 23.9 Å². The average Bonchev–Trinajstić information content (AvgIpc) is 3.03. The van der Waals surface area contributed by atoms with E-state index >= 15 is 0 Å². The first kappa shape index (κ1) is 13.5. The van der Waals surface area contributed by atoms with Crippen LogP contribution in [-0.2, 0) is 0 Å². The fourth-order valence-corrected chi connectivity index (χ4v) is 3.75. The molecule has 0 radical (unpaired) electrons. The van der Waals surface area contributed by atoms with E-state index in [1.807, 2.05) is 0 Å². The van der Waals surface area contributed by atoms with E-state index in [0.29, 0.717) is 4.77 Å². The van der Waals surface area contributed by atoms with Crippen molar-refractivity contribution < 1.29 is 4.39 Å². The maximum atomic E-state index is 13.3. The van der Waals surface area contributed by atoms with Gasteiger partial charge in [-0.2, -0.15) is 0 Å². The third-order valence-corrected chi connectivity index (χ3v) is 4.70. The van der Waals surface area contributed by atoms with E-state index in [1.54, 1.807) is 17.4 Å². The maximum absolute atomic E-state index is 13.3. The van der Waals surface area contributed by atoms with Gasteiger partial charge in [0, 0.05) is 4.88 Å². The summed E-state index contributed by atoms with van der Waals surface area (Å²) in [7, 11) is 0. The first-order valence-electron chi connectivity index (χ1n) is 6.64. The highest BCUT2D eigenvalue weighted by Gasteiger charge is 2.18.